The molecule has 84 valence electrons. The van der Waals surface area contributed by atoms with E-state index in [0.717, 1.165) is 17.2 Å². The minimum Gasteiger partial charge on any atom is -0.497 e. The van der Waals surface area contributed by atoms with E-state index in [2.05, 4.69) is 10.1 Å². The molecular weight excluding hydrogens is 222 g/mol. The van der Waals surface area contributed by atoms with Gasteiger partial charge in [-0.05, 0) is 24.7 Å². The molecule has 0 aliphatic carbocycles. The van der Waals surface area contributed by atoms with Crippen molar-refractivity contribution in [3.8, 4) is 5.75 Å². The predicted octanol–water partition coefficient (Wildman–Crippen LogP) is 2.31. The average Bonchev–Trinajstić information content (AvgIpc) is 2.96. The second-order valence-corrected chi connectivity index (χ2v) is 5.15. The molecule has 1 atom stereocenters. The molecule has 5 heteroatoms. The normalized spacial score (nSPS) is 20.4. The minimum absolute atomic E-state index is 0.478. The molecule has 0 radical (unpaired) electrons. The Bertz CT molecular complexity index is 505. The van der Waals surface area contributed by atoms with Crippen LogP contribution >= 0.6 is 11.8 Å². The Morgan fingerprint density at radius 1 is 1.56 bits per heavy atom. The van der Waals surface area contributed by atoms with Crippen LogP contribution in [-0.4, -0.2) is 27.5 Å². The molecule has 0 N–H and O–H groups in total. The molecule has 1 unspecified atom stereocenters. The highest BCUT2D eigenvalue weighted by atomic mass is 32.2. The van der Waals surface area contributed by atoms with E-state index in [4.69, 9.17) is 4.74 Å². The smallest absolute Gasteiger partial charge is 0.164 e. The Morgan fingerprint density at radius 3 is 3.25 bits per heavy atom. The van der Waals surface area contributed by atoms with Crippen LogP contribution in [0.25, 0.3) is 5.65 Å². The quantitative estimate of drug-likeness (QED) is 0.800. The van der Waals surface area contributed by atoms with Gasteiger partial charge in [0.25, 0.3) is 0 Å². The molecule has 16 heavy (non-hydrogen) atoms. The first-order valence-corrected chi connectivity index (χ1v) is 6.43. The van der Waals surface area contributed by atoms with Crippen LogP contribution in [0.1, 0.15) is 23.9 Å². The van der Waals surface area contributed by atoms with Gasteiger partial charge in [-0.3, -0.25) is 0 Å². The maximum Gasteiger partial charge on any atom is 0.164 e. The van der Waals surface area contributed by atoms with Gasteiger partial charge in [0.2, 0.25) is 0 Å². The molecule has 0 amide bonds. The average molecular weight is 235 g/mol. The van der Waals surface area contributed by atoms with E-state index in [0.29, 0.717) is 5.25 Å². The molecule has 1 saturated heterocycles. The minimum atomic E-state index is 0.478. The van der Waals surface area contributed by atoms with Crippen molar-refractivity contribution < 1.29 is 4.74 Å². The Balaban J connectivity index is 2.01. The fourth-order valence-corrected chi connectivity index (χ4v) is 3.12. The second kappa shape index (κ2) is 3.97. The third kappa shape index (κ3) is 1.65. The molecule has 0 spiro atoms. The number of hydrogen-bond donors (Lipinski definition) is 0. The third-order valence-electron chi connectivity index (χ3n) is 2.78. The van der Waals surface area contributed by atoms with Crippen molar-refractivity contribution in [2.45, 2.75) is 18.1 Å². The second-order valence-electron chi connectivity index (χ2n) is 3.84. The standard InChI is InChI=1S/C11H13N3OS/c1-15-8-4-5-14-10(7-8)12-11(13-14)9-3-2-6-16-9/h4-5,7,9H,2-3,6H2,1H3. The number of nitrogens with zero attached hydrogens (tertiary/aromatic N) is 3. The molecule has 1 aliphatic heterocycles. The number of hydrogen-bond acceptors (Lipinski definition) is 4. The summed E-state index contributed by atoms with van der Waals surface area (Å²) < 4.78 is 6.99. The number of fused-ring (bicyclic) bond motifs is 1. The number of rotatable bonds is 2. The summed E-state index contributed by atoms with van der Waals surface area (Å²) in [6.45, 7) is 0. The number of ether oxygens (including phenoxy) is 1. The zero-order valence-corrected chi connectivity index (χ0v) is 9.91. The van der Waals surface area contributed by atoms with Crippen molar-refractivity contribution in [1.82, 2.24) is 14.6 Å². The molecule has 2 aromatic heterocycles. The van der Waals surface area contributed by atoms with E-state index in [-0.39, 0.29) is 0 Å². The van der Waals surface area contributed by atoms with E-state index in [1.54, 1.807) is 7.11 Å². The van der Waals surface area contributed by atoms with Crippen molar-refractivity contribution in [2.24, 2.45) is 0 Å². The van der Waals surface area contributed by atoms with Crippen LogP contribution in [0.3, 0.4) is 0 Å². The summed E-state index contributed by atoms with van der Waals surface area (Å²) in [6, 6.07) is 3.81. The molecule has 2 aromatic rings. The van der Waals surface area contributed by atoms with Crippen molar-refractivity contribution in [3.63, 3.8) is 0 Å². The molecule has 1 aliphatic rings. The number of thioether (sulfide) groups is 1. The summed E-state index contributed by atoms with van der Waals surface area (Å²) in [5, 5.41) is 4.98. The fraction of sp³-hybridized carbons (Fsp3) is 0.455. The highest BCUT2D eigenvalue weighted by Crippen LogP contribution is 2.38. The van der Waals surface area contributed by atoms with Crippen LogP contribution < -0.4 is 4.74 Å². The van der Waals surface area contributed by atoms with Gasteiger partial charge in [0.05, 0.1) is 12.4 Å². The maximum absolute atomic E-state index is 5.17. The van der Waals surface area contributed by atoms with Crippen LogP contribution in [-0.2, 0) is 0 Å². The van der Waals surface area contributed by atoms with Crippen molar-refractivity contribution >= 4 is 17.4 Å². The highest BCUT2D eigenvalue weighted by Gasteiger charge is 2.21. The van der Waals surface area contributed by atoms with Gasteiger partial charge in [-0.25, -0.2) is 9.50 Å². The number of aromatic nitrogens is 3. The van der Waals surface area contributed by atoms with E-state index >= 15 is 0 Å². The van der Waals surface area contributed by atoms with Gasteiger partial charge in [-0.2, -0.15) is 16.9 Å². The Morgan fingerprint density at radius 2 is 2.50 bits per heavy atom. The summed E-state index contributed by atoms with van der Waals surface area (Å²) >= 11 is 1.95. The van der Waals surface area contributed by atoms with E-state index in [9.17, 15) is 0 Å². The summed E-state index contributed by atoms with van der Waals surface area (Å²) in [5.74, 6) is 3.00. The zero-order valence-electron chi connectivity index (χ0n) is 9.09. The predicted molar refractivity (Wildman–Crippen MR) is 64.0 cm³/mol. The van der Waals surface area contributed by atoms with E-state index < -0.39 is 0 Å². The molecule has 0 aromatic carbocycles. The first-order chi connectivity index (χ1) is 7.86. The maximum atomic E-state index is 5.17. The summed E-state index contributed by atoms with van der Waals surface area (Å²) in [4.78, 5) is 4.55. The van der Waals surface area contributed by atoms with Gasteiger partial charge in [-0.1, -0.05) is 0 Å². The molecule has 3 heterocycles. The van der Waals surface area contributed by atoms with Gasteiger partial charge in [0.1, 0.15) is 5.75 Å². The highest BCUT2D eigenvalue weighted by molar-refractivity contribution is 7.99. The summed E-state index contributed by atoms with van der Waals surface area (Å²) in [5.41, 5.74) is 0.863. The van der Waals surface area contributed by atoms with Crippen molar-refractivity contribution in [3.05, 3.63) is 24.2 Å². The van der Waals surface area contributed by atoms with Crippen LogP contribution in [0, 0.1) is 0 Å². The van der Waals surface area contributed by atoms with Crippen molar-refractivity contribution in [2.75, 3.05) is 12.9 Å². The summed E-state index contributed by atoms with van der Waals surface area (Å²) in [7, 11) is 1.66. The van der Waals surface area contributed by atoms with Crippen LogP contribution in [0.4, 0.5) is 0 Å². The van der Waals surface area contributed by atoms with Gasteiger partial charge in [-0.15, -0.1) is 0 Å². The van der Waals surface area contributed by atoms with E-state index in [1.807, 2.05) is 34.6 Å². The largest absolute Gasteiger partial charge is 0.497 e. The summed E-state index contributed by atoms with van der Waals surface area (Å²) in [6.07, 6.45) is 4.36. The molecule has 1 fully saturated rings. The van der Waals surface area contributed by atoms with Gasteiger partial charge in [0.15, 0.2) is 11.5 Å². The molecule has 4 nitrogen and oxygen atoms in total. The monoisotopic (exact) mass is 235 g/mol. The Kier molecular flexibility index (Phi) is 2.47. The number of pyridine rings is 1. The van der Waals surface area contributed by atoms with E-state index in [1.165, 1.54) is 18.6 Å². The topological polar surface area (TPSA) is 39.4 Å². The van der Waals surface area contributed by atoms with Gasteiger partial charge in [0, 0.05) is 12.3 Å². The van der Waals surface area contributed by atoms with Crippen LogP contribution in [0.15, 0.2) is 18.3 Å². The van der Waals surface area contributed by atoms with Gasteiger partial charge < -0.3 is 4.74 Å². The fourth-order valence-electron chi connectivity index (χ4n) is 1.92. The van der Waals surface area contributed by atoms with Gasteiger partial charge >= 0.3 is 0 Å². The van der Waals surface area contributed by atoms with Crippen molar-refractivity contribution in [1.29, 1.82) is 0 Å². The first kappa shape index (κ1) is 9.96. The third-order valence-corrected chi connectivity index (χ3v) is 4.15. The lowest BCUT2D eigenvalue weighted by Crippen LogP contribution is -1.92. The molecular formula is C11H13N3OS. The van der Waals surface area contributed by atoms with Crippen LogP contribution in [0.5, 0.6) is 5.75 Å². The lowest BCUT2D eigenvalue weighted by atomic mass is 10.2. The molecule has 3 rings (SSSR count). The first-order valence-electron chi connectivity index (χ1n) is 5.39. The Labute approximate surface area is 98.0 Å². The Hall–Kier alpha value is -1.23. The zero-order chi connectivity index (χ0) is 11.0. The molecule has 0 saturated carbocycles. The SMILES string of the molecule is COc1ccn2nc(C3CCCS3)nc2c1. The van der Waals surface area contributed by atoms with Crippen LogP contribution in [0.2, 0.25) is 0 Å². The number of methoxy groups -OCH3 is 1. The molecule has 0 bridgehead atoms. The lowest BCUT2D eigenvalue weighted by Gasteiger charge is -1.99. The lowest BCUT2D eigenvalue weighted by molar-refractivity contribution is 0.414.